The number of nitrogens with two attached hydrogens (primary N) is 1. The molecule has 0 aliphatic carbocycles. The summed E-state index contributed by atoms with van der Waals surface area (Å²) in [6, 6.07) is 5.59. The number of alkyl halides is 3. The number of carbonyl (C=O) groups is 1. The van der Waals surface area contributed by atoms with Gasteiger partial charge in [-0.3, -0.25) is 4.79 Å². The Bertz CT molecular complexity index is 421. The van der Waals surface area contributed by atoms with Crippen LogP contribution >= 0.6 is 0 Å². The van der Waals surface area contributed by atoms with Crippen LogP contribution in [0.2, 0.25) is 0 Å². The highest BCUT2D eigenvalue weighted by Crippen LogP contribution is 2.29. The molecule has 4 nitrogen and oxygen atoms in total. The van der Waals surface area contributed by atoms with Crippen LogP contribution in [0.15, 0.2) is 24.3 Å². The van der Waals surface area contributed by atoms with Crippen LogP contribution in [0.1, 0.15) is 6.92 Å². The van der Waals surface area contributed by atoms with E-state index >= 15 is 0 Å². The molecule has 1 atom stereocenters. The van der Waals surface area contributed by atoms with Crippen molar-refractivity contribution in [2.45, 2.75) is 13.3 Å². The summed E-state index contributed by atoms with van der Waals surface area (Å²) in [6.45, 7) is 1.70. The van der Waals surface area contributed by atoms with Crippen LogP contribution in [-0.2, 0) is 4.79 Å². The number of carbonyl (C=O) groups excluding carboxylic acids is 1. The van der Waals surface area contributed by atoms with E-state index in [1.54, 1.807) is 13.0 Å². The molecule has 0 fully saturated rings. The molecule has 0 aliphatic rings. The average molecular weight is 262 g/mol. The van der Waals surface area contributed by atoms with E-state index in [0.29, 0.717) is 0 Å². The minimum atomic E-state index is -4.76. The Balaban J connectivity index is 2.73. The van der Waals surface area contributed by atoms with E-state index < -0.39 is 18.2 Å². The Hall–Kier alpha value is -1.92. The van der Waals surface area contributed by atoms with Crippen molar-refractivity contribution in [3.63, 3.8) is 0 Å². The van der Waals surface area contributed by atoms with Gasteiger partial charge in [-0.25, -0.2) is 0 Å². The molecule has 100 valence electrons. The highest BCUT2D eigenvalue weighted by molar-refractivity contribution is 5.77. The van der Waals surface area contributed by atoms with E-state index in [1.807, 2.05) is 0 Å². The second kappa shape index (κ2) is 5.61. The maximum Gasteiger partial charge on any atom is 0.573 e. The smallest absolute Gasteiger partial charge is 0.404 e. The molecule has 1 aromatic rings. The molecular formula is C11H13F3N2O2. The first-order valence-electron chi connectivity index (χ1n) is 5.17. The summed E-state index contributed by atoms with van der Waals surface area (Å²) in [4.78, 5) is 10.8. The summed E-state index contributed by atoms with van der Waals surface area (Å²) in [5.74, 6) is -1.37. The second-order valence-corrected chi connectivity index (χ2v) is 3.73. The normalized spacial score (nSPS) is 12.9. The van der Waals surface area contributed by atoms with Gasteiger partial charge in [-0.2, -0.15) is 0 Å². The first-order chi connectivity index (χ1) is 8.29. The Labute approximate surface area is 102 Å². The molecule has 0 aliphatic heterocycles. The van der Waals surface area contributed by atoms with Crippen LogP contribution in [0.4, 0.5) is 18.9 Å². The van der Waals surface area contributed by atoms with Gasteiger partial charge in [0.25, 0.3) is 0 Å². The van der Waals surface area contributed by atoms with Crippen molar-refractivity contribution >= 4 is 11.6 Å². The van der Waals surface area contributed by atoms with Crippen LogP contribution in [0.25, 0.3) is 0 Å². The predicted octanol–water partition coefficient (Wildman–Crippen LogP) is 2.12. The summed E-state index contributed by atoms with van der Waals surface area (Å²) < 4.78 is 40.2. The SMILES string of the molecule is CC(CNc1ccccc1OC(F)(F)F)C(N)=O. The lowest BCUT2D eigenvalue weighted by Crippen LogP contribution is -2.27. The van der Waals surface area contributed by atoms with Crippen LogP contribution in [0.3, 0.4) is 0 Å². The minimum Gasteiger partial charge on any atom is -0.404 e. The molecule has 18 heavy (non-hydrogen) atoms. The number of anilines is 1. The predicted molar refractivity (Wildman–Crippen MR) is 60.0 cm³/mol. The zero-order valence-corrected chi connectivity index (χ0v) is 9.62. The van der Waals surface area contributed by atoms with E-state index in [9.17, 15) is 18.0 Å². The fourth-order valence-electron chi connectivity index (χ4n) is 1.19. The first-order valence-corrected chi connectivity index (χ1v) is 5.17. The first kappa shape index (κ1) is 14.1. The van der Waals surface area contributed by atoms with Gasteiger partial charge in [-0.15, -0.1) is 13.2 Å². The molecule has 0 heterocycles. The Morgan fingerprint density at radius 3 is 2.61 bits per heavy atom. The van der Waals surface area contributed by atoms with E-state index in [4.69, 9.17) is 5.73 Å². The quantitative estimate of drug-likeness (QED) is 0.854. The molecule has 1 amide bonds. The summed E-state index contributed by atoms with van der Waals surface area (Å²) in [5.41, 5.74) is 5.21. The zero-order chi connectivity index (χ0) is 13.8. The molecular weight excluding hydrogens is 249 g/mol. The van der Waals surface area contributed by atoms with Crippen molar-refractivity contribution in [2.24, 2.45) is 11.7 Å². The van der Waals surface area contributed by atoms with Crippen molar-refractivity contribution < 1.29 is 22.7 Å². The summed E-state index contributed by atoms with van der Waals surface area (Å²) >= 11 is 0. The molecule has 3 N–H and O–H groups in total. The number of para-hydroxylation sites is 2. The molecule has 1 unspecified atom stereocenters. The number of ether oxygens (including phenoxy) is 1. The minimum absolute atomic E-state index is 0.133. The number of amides is 1. The van der Waals surface area contributed by atoms with Gasteiger partial charge >= 0.3 is 6.36 Å². The van der Waals surface area contributed by atoms with Crippen molar-refractivity contribution in [1.29, 1.82) is 0 Å². The number of primary amides is 1. The van der Waals surface area contributed by atoms with Gasteiger partial charge in [0.15, 0.2) is 5.75 Å². The van der Waals surface area contributed by atoms with Crippen LogP contribution in [0.5, 0.6) is 5.75 Å². The van der Waals surface area contributed by atoms with Crippen LogP contribution in [-0.4, -0.2) is 18.8 Å². The number of rotatable bonds is 5. The third-order valence-electron chi connectivity index (χ3n) is 2.20. The fourth-order valence-corrected chi connectivity index (χ4v) is 1.19. The standard InChI is InChI=1S/C11H13F3N2O2/c1-7(10(15)17)6-16-8-4-2-3-5-9(8)18-11(12,13)14/h2-5,7,16H,6H2,1H3,(H2,15,17). The lowest BCUT2D eigenvalue weighted by Gasteiger charge is -2.15. The van der Waals surface area contributed by atoms with Crippen molar-refractivity contribution in [3.05, 3.63) is 24.3 Å². The van der Waals surface area contributed by atoms with Gasteiger partial charge in [0, 0.05) is 6.54 Å². The maximum absolute atomic E-state index is 12.1. The van der Waals surface area contributed by atoms with Crippen molar-refractivity contribution in [1.82, 2.24) is 0 Å². The maximum atomic E-state index is 12.1. The number of nitrogens with one attached hydrogen (secondary N) is 1. The topological polar surface area (TPSA) is 64.3 Å². The lowest BCUT2D eigenvalue weighted by molar-refractivity contribution is -0.274. The van der Waals surface area contributed by atoms with Gasteiger partial charge < -0.3 is 15.8 Å². The second-order valence-electron chi connectivity index (χ2n) is 3.73. The monoisotopic (exact) mass is 262 g/mol. The number of hydrogen-bond donors (Lipinski definition) is 2. The summed E-state index contributed by atoms with van der Waals surface area (Å²) in [5, 5.41) is 2.69. The van der Waals surface area contributed by atoms with E-state index in [2.05, 4.69) is 10.1 Å². The molecule has 0 aromatic heterocycles. The third-order valence-corrected chi connectivity index (χ3v) is 2.20. The van der Waals surface area contributed by atoms with E-state index in [-0.39, 0.29) is 18.0 Å². The highest BCUT2D eigenvalue weighted by atomic mass is 19.4. The van der Waals surface area contributed by atoms with Crippen LogP contribution in [0, 0.1) is 5.92 Å². The number of benzene rings is 1. The van der Waals surface area contributed by atoms with Crippen molar-refractivity contribution in [2.75, 3.05) is 11.9 Å². The molecule has 0 saturated heterocycles. The number of hydrogen-bond acceptors (Lipinski definition) is 3. The van der Waals surface area contributed by atoms with Gasteiger partial charge in [-0.05, 0) is 12.1 Å². The Morgan fingerprint density at radius 1 is 1.44 bits per heavy atom. The van der Waals surface area contributed by atoms with Crippen molar-refractivity contribution in [3.8, 4) is 5.75 Å². The molecule has 1 rings (SSSR count). The molecule has 0 spiro atoms. The third kappa shape index (κ3) is 4.52. The van der Waals surface area contributed by atoms with Gasteiger partial charge in [-0.1, -0.05) is 19.1 Å². The van der Waals surface area contributed by atoms with Gasteiger partial charge in [0.05, 0.1) is 11.6 Å². The largest absolute Gasteiger partial charge is 0.573 e. The van der Waals surface area contributed by atoms with Crippen LogP contribution < -0.4 is 15.8 Å². The van der Waals surface area contributed by atoms with Gasteiger partial charge in [0.2, 0.25) is 5.91 Å². The molecule has 0 radical (unpaired) electrons. The summed E-state index contributed by atoms with van der Waals surface area (Å²) in [7, 11) is 0. The Morgan fingerprint density at radius 2 is 2.06 bits per heavy atom. The zero-order valence-electron chi connectivity index (χ0n) is 9.62. The molecule has 7 heteroatoms. The molecule has 0 bridgehead atoms. The average Bonchev–Trinajstić information content (AvgIpc) is 2.25. The fraction of sp³-hybridized carbons (Fsp3) is 0.364. The number of halogens is 3. The van der Waals surface area contributed by atoms with E-state index in [1.165, 1.54) is 18.2 Å². The summed E-state index contributed by atoms with van der Waals surface area (Å²) in [6.07, 6.45) is -4.76. The lowest BCUT2D eigenvalue weighted by atomic mass is 10.1. The molecule has 1 aromatic carbocycles. The van der Waals surface area contributed by atoms with Gasteiger partial charge in [0.1, 0.15) is 0 Å². The molecule has 0 saturated carbocycles. The van der Waals surface area contributed by atoms with E-state index in [0.717, 1.165) is 0 Å². The Kier molecular flexibility index (Phi) is 4.41. The highest BCUT2D eigenvalue weighted by Gasteiger charge is 2.32.